The summed E-state index contributed by atoms with van der Waals surface area (Å²) in [4.78, 5) is 0. The molecule has 4 aromatic carbocycles. The maximum atomic E-state index is 8.07. The standard InChI is InChI=1S/C25H31O.C23H25.ClH.Zr/c1-16-14-17-10-9-11-18(20(17)15-16)19-12-13-21(24(2,3)4)23(26-8)22(19)25(5,6)7;1-15-12-18-14-17-6-5-7-20(17)22(21(18)13-15)16-8-10-19(11-9-16)23(2,3)4;;/h9-15H,1-8H3;8-14H,5-7H2,1-4H3;1H;/q;;;+1/p-1. The molecule has 0 aromatic heterocycles. The van der Waals surface area contributed by atoms with E-state index in [-0.39, 0.29) is 16.2 Å². The molecule has 3 aliphatic carbocycles. The molecular weight excluding hydrogens is 719 g/mol. The van der Waals surface area contributed by atoms with Gasteiger partial charge in [0.1, 0.15) is 0 Å². The number of hydrogen-bond acceptors (Lipinski definition) is 1. The van der Waals surface area contributed by atoms with Crippen LogP contribution in [0.3, 0.4) is 0 Å². The second-order valence-corrected chi connectivity index (χ2v) is 25.8. The van der Waals surface area contributed by atoms with Gasteiger partial charge in [-0.05, 0) is 0 Å². The predicted octanol–water partition coefficient (Wildman–Crippen LogP) is 13.8. The molecule has 0 N–H and O–H groups in total. The zero-order chi connectivity index (χ0) is 36.8. The summed E-state index contributed by atoms with van der Waals surface area (Å²) in [6, 6.07) is 23.6. The van der Waals surface area contributed by atoms with Crippen LogP contribution in [0.2, 0.25) is 0 Å². The Balaban J connectivity index is 1.33. The molecule has 2 unspecified atom stereocenters. The third-order valence-electron chi connectivity index (χ3n) is 11.7. The molecule has 1 nitrogen and oxygen atoms in total. The van der Waals surface area contributed by atoms with Gasteiger partial charge in [0.25, 0.3) is 0 Å². The van der Waals surface area contributed by atoms with Crippen molar-refractivity contribution in [2.45, 2.75) is 119 Å². The zero-order valence-corrected chi connectivity index (χ0v) is 36.2. The normalized spacial score (nSPS) is 18.3. The van der Waals surface area contributed by atoms with E-state index in [1.165, 1.54) is 91.6 Å². The van der Waals surface area contributed by atoms with Gasteiger partial charge in [-0.1, -0.05) is 0 Å². The van der Waals surface area contributed by atoms with E-state index in [2.05, 4.69) is 149 Å². The number of allylic oxidation sites excluding steroid dienone is 2. The first-order valence-electron chi connectivity index (χ1n) is 18.9. The van der Waals surface area contributed by atoms with Crippen LogP contribution in [-0.2, 0) is 49.6 Å². The van der Waals surface area contributed by atoms with Crippen LogP contribution in [0.4, 0.5) is 0 Å². The van der Waals surface area contributed by atoms with Crippen LogP contribution < -0.4 is 4.74 Å². The minimum absolute atomic E-state index is 0.0251. The van der Waals surface area contributed by atoms with E-state index in [1.54, 1.807) is 11.1 Å². The monoisotopic (exact) mass is 773 g/mol. The average Bonchev–Trinajstić information content (AvgIpc) is 3.75. The van der Waals surface area contributed by atoms with E-state index in [0.717, 1.165) is 5.75 Å². The number of methoxy groups -OCH3 is 1. The molecule has 0 bridgehead atoms. The fourth-order valence-corrected chi connectivity index (χ4v) is 18.7. The Morgan fingerprint density at radius 2 is 1.33 bits per heavy atom. The second kappa shape index (κ2) is 13.0. The summed E-state index contributed by atoms with van der Waals surface area (Å²) in [6.07, 6.45) is 8.56. The van der Waals surface area contributed by atoms with Gasteiger partial charge in [0.15, 0.2) is 0 Å². The molecular formula is C48H56ClOZr. The fraction of sp³-hybridized carbons (Fsp3) is 0.417. The summed E-state index contributed by atoms with van der Waals surface area (Å²) in [5.74, 6) is 1.02. The van der Waals surface area contributed by atoms with E-state index in [9.17, 15) is 0 Å². The molecule has 4 aromatic rings. The van der Waals surface area contributed by atoms with E-state index < -0.39 is 20.6 Å². The van der Waals surface area contributed by atoms with Crippen molar-refractivity contribution in [3.05, 3.63) is 122 Å². The van der Waals surface area contributed by atoms with Crippen LogP contribution in [0.1, 0.15) is 140 Å². The molecule has 265 valence electrons. The van der Waals surface area contributed by atoms with Gasteiger partial charge in [0.05, 0.1) is 0 Å². The summed E-state index contributed by atoms with van der Waals surface area (Å²) >= 11 is -2.74. The number of rotatable bonds is 5. The van der Waals surface area contributed by atoms with E-state index in [1.807, 2.05) is 7.11 Å². The van der Waals surface area contributed by atoms with Crippen molar-refractivity contribution >= 4 is 20.7 Å². The van der Waals surface area contributed by atoms with Crippen LogP contribution >= 0.6 is 8.51 Å². The molecule has 0 saturated heterocycles. The molecule has 0 heterocycles. The summed E-state index contributed by atoms with van der Waals surface area (Å²) in [6.45, 7) is 25.4. The molecule has 0 spiro atoms. The van der Waals surface area contributed by atoms with Crippen molar-refractivity contribution in [2.24, 2.45) is 0 Å². The van der Waals surface area contributed by atoms with Gasteiger partial charge >= 0.3 is 322 Å². The van der Waals surface area contributed by atoms with Gasteiger partial charge in [0, 0.05) is 0 Å². The fourth-order valence-electron chi connectivity index (χ4n) is 9.24. The number of fused-ring (bicyclic) bond motifs is 3. The Hall–Kier alpha value is -2.67. The summed E-state index contributed by atoms with van der Waals surface area (Å²) < 4.78 is 6.93. The first kappa shape index (κ1) is 36.7. The van der Waals surface area contributed by atoms with Crippen LogP contribution in [0.15, 0.2) is 71.8 Å². The predicted molar refractivity (Wildman–Crippen MR) is 217 cm³/mol. The van der Waals surface area contributed by atoms with Crippen LogP contribution in [-0.4, -0.2) is 7.11 Å². The Labute approximate surface area is 319 Å². The molecule has 3 heteroatoms. The molecule has 7 rings (SSSR count). The molecule has 0 aliphatic heterocycles. The van der Waals surface area contributed by atoms with Gasteiger partial charge in [0.2, 0.25) is 0 Å². The molecule has 0 amide bonds. The van der Waals surface area contributed by atoms with Crippen LogP contribution in [0, 0.1) is 0 Å². The number of ether oxygens (including phenoxy) is 1. The van der Waals surface area contributed by atoms with Gasteiger partial charge in [-0.3, -0.25) is 0 Å². The molecule has 0 saturated carbocycles. The van der Waals surface area contributed by atoms with Gasteiger partial charge in [-0.2, -0.15) is 0 Å². The SMILES string of the molecule is COc1c(C(C)(C)C)ccc(-c2cccc3c2C=C(C)[CH]3[Zr]([Cl])[CH]2C(C)=Cc3c2cc2c(c3-c3ccc(C(C)(C)C)cc3)CCC2)c1C(C)(C)C. The van der Waals surface area contributed by atoms with E-state index in [0.29, 0.717) is 7.25 Å². The third kappa shape index (κ3) is 6.29. The van der Waals surface area contributed by atoms with E-state index >= 15 is 0 Å². The Kier molecular flexibility index (Phi) is 9.37. The Bertz CT molecular complexity index is 2090. The van der Waals surface area contributed by atoms with Crippen molar-refractivity contribution in [1.29, 1.82) is 0 Å². The number of hydrogen-bond donors (Lipinski definition) is 0. The van der Waals surface area contributed by atoms with Gasteiger partial charge < -0.3 is 0 Å². The summed E-state index contributed by atoms with van der Waals surface area (Å²) in [5.41, 5.74) is 21.1. The topological polar surface area (TPSA) is 9.23 Å². The molecule has 0 radical (unpaired) electrons. The van der Waals surface area contributed by atoms with Crippen molar-refractivity contribution in [3.8, 4) is 28.0 Å². The van der Waals surface area contributed by atoms with Gasteiger partial charge in [-0.25, -0.2) is 0 Å². The molecule has 3 aliphatic rings. The third-order valence-corrected chi connectivity index (χ3v) is 20.8. The Morgan fingerprint density at radius 1 is 0.686 bits per heavy atom. The molecule has 51 heavy (non-hydrogen) atoms. The molecule has 0 fully saturated rings. The molecule has 2 atom stereocenters. The first-order chi connectivity index (χ1) is 23.9. The van der Waals surface area contributed by atoms with Crippen molar-refractivity contribution in [3.63, 3.8) is 0 Å². The zero-order valence-electron chi connectivity index (χ0n) is 33.0. The quantitative estimate of drug-likeness (QED) is 0.196. The number of halogens is 1. The van der Waals surface area contributed by atoms with Crippen molar-refractivity contribution in [1.82, 2.24) is 0 Å². The van der Waals surface area contributed by atoms with Crippen LogP contribution in [0.5, 0.6) is 5.75 Å². The summed E-state index contributed by atoms with van der Waals surface area (Å²) in [7, 11) is 9.91. The average molecular weight is 776 g/mol. The minimum atomic E-state index is -2.74. The Morgan fingerprint density at radius 3 is 1.94 bits per heavy atom. The van der Waals surface area contributed by atoms with Crippen molar-refractivity contribution < 1.29 is 25.3 Å². The van der Waals surface area contributed by atoms with Crippen LogP contribution in [0.25, 0.3) is 34.4 Å². The summed E-state index contributed by atoms with van der Waals surface area (Å²) in [5, 5.41) is 0. The number of aryl methyl sites for hydroxylation is 1. The second-order valence-electron chi connectivity index (χ2n) is 18.5. The van der Waals surface area contributed by atoms with Crippen molar-refractivity contribution in [2.75, 3.05) is 7.11 Å². The van der Waals surface area contributed by atoms with E-state index in [4.69, 9.17) is 13.2 Å². The number of benzene rings is 4. The first-order valence-corrected chi connectivity index (χ1v) is 25.0. The maximum absolute atomic E-state index is 8.07. The van der Waals surface area contributed by atoms with Gasteiger partial charge in [-0.15, -0.1) is 0 Å².